The van der Waals surface area contributed by atoms with E-state index in [2.05, 4.69) is 46.9 Å². The molecule has 1 aliphatic heterocycles. The van der Waals surface area contributed by atoms with Gasteiger partial charge in [-0.15, -0.1) is 0 Å². The van der Waals surface area contributed by atoms with Crippen molar-refractivity contribution in [1.82, 2.24) is 10.2 Å². The molecule has 0 unspecified atom stereocenters. The number of hydrogen-bond donors (Lipinski definition) is 2. The number of hydrogen-bond acceptors (Lipinski definition) is 3. The summed E-state index contributed by atoms with van der Waals surface area (Å²) < 4.78 is 14.9. The van der Waals surface area contributed by atoms with Gasteiger partial charge in [-0.3, -0.25) is 4.90 Å². The topological polar surface area (TPSA) is 35.5 Å². The van der Waals surface area contributed by atoms with E-state index in [4.69, 9.17) is 0 Å². The first-order chi connectivity index (χ1) is 9.32. The Balaban J connectivity index is 2.49. The molecule has 1 saturated heterocycles. The number of benzene rings is 1. The van der Waals surface area contributed by atoms with Gasteiger partial charge in [-0.05, 0) is 33.5 Å². The van der Waals surface area contributed by atoms with Crippen LogP contribution >= 0.6 is 15.9 Å². The SMILES string of the molecule is CC(C)(C)[C@@H](c1c(F)ccc(Br)c1O)N1CCNCC1. The highest BCUT2D eigenvalue weighted by Gasteiger charge is 2.36. The maximum absolute atomic E-state index is 14.3. The number of piperazine rings is 1. The predicted molar refractivity (Wildman–Crippen MR) is 82.4 cm³/mol. The van der Waals surface area contributed by atoms with E-state index in [-0.39, 0.29) is 23.0 Å². The Morgan fingerprint density at radius 1 is 1.30 bits per heavy atom. The lowest BCUT2D eigenvalue weighted by molar-refractivity contribution is 0.0812. The largest absolute Gasteiger partial charge is 0.506 e. The van der Waals surface area contributed by atoms with E-state index in [0.717, 1.165) is 26.2 Å². The molecule has 1 aromatic rings. The average molecular weight is 345 g/mol. The van der Waals surface area contributed by atoms with Gasteiger partial charge in [-0.1, -0.05) is 20.8 Å². The fourth-order valence-corrected chi connectivity index (χ4v) is 3.27. The third-order valence-electron chi connectivity index (χ3n) is 3.73. The lowest BCUT2D eigenvalue weighted by Gasteiger charge is -2.42. The molecular weight excluding hydrogens is 323 g/mol. The van der Waals surface area contributed by atoms with Gasteiger partial charge in [0.25, 0.3) is 0 Å². The fourth-order valence-electron chi connectivity index (χ4n) is 2.92. The summed E-state index contributed by atoms with van der Waals surface area (Å²) in [6.07, 6.45) is 0. The minimum absolute atomic E-state index is 0.0171. The molecule has 5 heteroatoms. The molecule has 20 heavy (non-hydrogen) atoms. The third kappa shape index (κ3) is 3.15. The van der Waals surface area contributed by atoms with E-state index in [1.807, 2.05) is 0 Å². The first-order valence-electron chi connectivity index (χ1n) is 6.94. The molecule has 1 atom stereocenters. The van der Waals surface area contributed by atoms with Crippen molar-refractivity contribution in [1.29, 1.82) is 0 Å². The summed E-state index contributed by atoms with van der Waals surface area (Å²) in [5.74, 6) is -0.326. The summed E-state index contributed by atoms with van der Waals surface area (Å²) in [5.41, 5.74) is 0.227. The Labute approximate surface area is 128 Å². The van der Waals surface area contributed by atoms with Crippen LogP contribution in [-0.2, 0) is 0 Å². The normalized spacial score (nSPS) is 19.1. The molecule has 112 valence electrons. The summed E-state index contributed by atoms with van der Waals surface area (Å²) in [5, 5.41) is 13.6. The van der Waals surface area contributed by atoms with Crippen LogP contribution in [0.25, 0.3) is 0 Å². The first kappa shape index (κ1) is 15.7. The smallest absolute Gasteiger partial charge is 0.137 e. The van der Waals surface area contributed by atoms with Crippen LogP contribution in [0.3, 0.4) is 0 Å². The molecular formula is C15H22BrFN2O. The zero-order valence-corrected chi connectivity index (χ0v) is 13.8. The molecule has 1 heterocycles. The molecule has 3 nitrogen and oxygen atoms in total. The zero-order chi connectivity index (χ0) is 14.9. The maximum Gasteiger partial charge on any atom is 0.137 e. The highest BCUT2D eigenvalue weighted by molar-refractivity contribution is 9.10. The van der Waals surface area contributed by atoms with E-state index in [1.165, 1.54) is 6.07 Å². The van der Waals surface area contributed by atoms with Gasteiger partial charge in [-0.2, -0.15) is 0 Å². The predicted octanol–water partition coefficient (Wildman–Crippen LogP) is 3.29. The lowest BCUT2D eigenvalue weighted by Crippen LogP contribution is -2.48. The van der Waals surface area contributed by atoms with E-state index < -0.39 is 0 Å². The second kappa shape index (κ2) is 6.00. The molecule has 1 aromatic carbocycles. The zero-order valence-electron chi connectivity index (χ0n) is 12.2. The summed E-state index contributed by atoms with van der Waals surface area (Å²) in [7, 11) is 0. The Bertz CT molecular complexity index is 481. The Kier molecular flexibility index (Phi) is 4.72. The fraction of sp³-hybridized carbons (Fsp3) is 0.600. The molecule has 2 N–H and O–H groups in total. The van der Waals surface area contributed by atoms with Gasteiger partial charge in [-0.25, -0.2) is 4.39 Å². The Morgan fingerprint density at radius 3 is 2.45 bits per heavy atom. The molecule has 0 saturated carbocycles. The van der Waals surface area contributed by atoms with Crippen molar-refractivity contribution in [2.75, 3.05) is 26.2 Å². The van der Waals surface area contributed by atoms with Gasteiger partial charge in [0.2, 0.25) is 0 Å². The summed E-state index contributed by atoms with van der Waals surface area (Å²) in [4.78, 5) is 2.25. The second-order valence-electron chi connectivity index (χ2n) is 6.35. The standard InChI is InChI=1S/C15H22BrFN2O/c1-15(2,3)14(19-8-6-18-7-9-19)12-11(17)5-4-10(16)13(12)20/h4-5,14,18,20H,6-9H2,1-3H3/t14-/m1/s1. The quantitative estimate of drug-likeness (QED) is 0.864. The van der Waals surface area contributed by atoms with Crippen molar-refractivity contribution in [3.05, 3.63) is 28.0 Å². The third-order valence-corrected chi connectivity index (χ3v) is 4.37. The van der Waals surface area contributed by atoms with E-state index in [0.29, 0.717) is 10.0 Å². The van der Waals surface area contributed by atoms with E-state index in [9.17, 15) is 9.50 Å². The minimum Gasteiger partial charge on any atom is -0.506 e. The molecule has 0 spiro atoms. The lowest BCUT2D eigenvalue weighted by atomic mass is 9.80. The van der Waals surface area contributed by atoms with Crippen molar-refractivity contribution in [2.24, 2.45) is 5.41 Å². The number of nitrogens with zero attached hydrogens (tertiary/aromatic N) is 1. The summed E-state index contributed by atoms with van der Waals surface area (Å²) in [6.45, 7) is 9.74. The monoisotopic (exact) mass is 344 g/mol. The van der Waals surface area contributed by atoms with Gasteiger partial charge in [0, 0.05) is 37.8 Å². The van der Waals surface area contributed by atoms with Gasteiger partial charge < -0.3 is 10.4 Å². The van der Waals surface area contributed by atoms with Crippen molar-refractivity contribution < 1.29 is 9.50 Å². The van der Waals surface area contributed by atoms with Gasteiger partial charge >= 0.3 is 0 Å². The van der Waals surface area contributed by atoms with Gasteiger partial charge in [0.1, 0.15) is 11.6 Å². The van der Waals surface area contributed by atoms with Gasteiger partial charge in [0.15, 0.2) is 0 Å². The van der Waals surface area contributed by atoms with E-state index in [1.54, 1.807) is 6.07 Å². The van der Waals surface area contributed by atoms with Crippen molar-refractivity contribution in [2.45, 2.75) is 26.8 Å². The van der Waals surface area contributed by atoms with Crippen LogP contribution in [0.2, 0.25) is 0 Å². The number of phenolic OH excluding ortho intramolecular Hbond substituents is 1. The highest BCUT2D eigenvalue weighted by atomic mass is 79.9. The molecule has 0 aromatic heterocycles. The molecule has 0 amide bonds. The van der Waals surface area contributed by atoms with Crippen molar-refractivity contribution in [3.8, 4) is 5.75 Å². The number of aromatic hydroxyl groups is 1. The minimum atomic E-state index is -0.343. The van der Waals surface area contributed by atoms with Crippen LogP contribution in [0, 0.1) is 11.2 Å². The first-order valence-corrected chi connectivity index (χ1v) is 7.73. The number of phenols is 1. The maximum atomic E-state index is 14.3. The van der Waals surface area contributed by atoms with Crippen LogP contribution in [0.4, 0.5) is 4.39 Å². The number of halogens is 2. The molecule has 0 radical (unpaired) electrons. The number of nitrogens with one attached hydrogen (secondary N) is 1. The molecule has 0 aliphatic carbocycles. The average Bonchev–Trinajstić information content (AvgIpc) is 2.39. The van der Waals surface area contributed by atoms with E-state index >= 15 is 0 Å². The highest BCUT2D eigenvalue weighted by Crippen LogP contribution is 2.45. The van der Waals surface area contributed by atoms with Crippen LogP contribution in [0.5, 0.6) is 5.75 Å². The molecule has 1 aliphatic rings. The molecule has 1 fully saturated rings. The van der Waals surface area contributed by atoms with Crippen molar-refractivity contribution >= 4 is 15.9 Å². The Hall–Kier alpha value is -0.650. The molecule has 2 rings (SSSR count). The summed E-state index contributed by atoms with van der Waals surface area (Å²) in [6, 6.07) is 2.81. The van der Waals surface area contributed by atoms with Crippen LogP contribution in [-0.4, -0.2) is 36.2 Å². The van der Waals surface area contributed by atoms with Crippen LogP contribution in [0.1, 0.15) is 32.4 Å². The second-order valence-corrected chi connectivity index (χ2v) is 7.20. The summed E-state index contributed by atoms with van der Waals surface area (Å²) >= 11 is 3.29. The van der Waals surface area contributed by atoms with Gasteiger partial charge in [0.05, 0.1) is 4.47 Å². The number of rotatable bonds is 2. The van der Waals surface area contributed by atoms with Crippen LogP contribution in [0.15, 0.2) is 16.6 Å². The van der Waals surface area contributed by atoms with Crippen molar-refractivity contribution in [3.63, 3.8) is 0 Å². The van der Waals surface area contributed by atoms with Crippen LogP contribution < -0.4 is 5.32 Å². The Morgan fingerprint density at radius 2 is 1.90 bits per heavy atom. The molecule has 0 bridgehead atoms.